The van der Waals surface area contributed by atoms with Crippen molar-refractivity contribution in [2.24, 2.45) is 0 Å². The number of ether oxygens (including phenoxy) is 1. The average Bonchev–Trinajstić information content (AvgIpc) is 2.19. The van der Waals surface area contributed by atoms with Crippen molar-refractivity contribution in [3.63, 3.8) is 0 Å². The van der Waals surface area contributed by atoms with Crippen molar-refractivity contribution >= 4 is 0 Å². The smallest absolute Gasteiger partial charge is 0.126 e. The highest BCUT2D eigenvalue weighted by molar-refractivity contribution is 5.44. The second kappa shape index (κ2) is 4.57. The zero-order chi connectivity index (χ0) is 12.3. The molecule has 0 aliphatic heterocycles. The lowest BCUT2D eigenvalue weighted by Crippen LogP contribution is -2.28. The van der Waals surface area contributed by atoms with Crippen LogP contribution in [-0.2, 0) is 0 Å². The molecular weight excluding hydrogens is 198 g/mol. The highest BCUT2D eigenvalue weighted by atomic mass is 16.5. The largest absolute Gasteiger partial charge is 0.486 e. The summed E-state index contributed by atoms with van der Waals surface area (Å²) in [6, 6.07) is 6.30. The summed E-state index contributed by atoms with van der Waals surface area (Å²) in [5.74, 6) is 0.917. The maximum Gasteiger partial charge on any atom is 0.126 e. The molecule has 0 amide bonds. The Bertz CT molecular complexity index is 427. The molecule has 0 fully saturated rings. The van der Waals surface area contributed by atoms with Crippen molar-refractivity contribution in [3.8, 4) is 11.8 Å². The molecule has 0 N–H and O–H groups in total. The molecule has 0 unspecified atom stereocenters. The van der Waals surface area contributed by atoms with Crippen LogP contribution in [0.2, 0.25) is 0 Å². The topological polar surface area (TPSA) is 33.0 Å². The van der Waals surface area contributed by atoms with Crippen LogP contribution in [0.25, 0.3) is 0 Å². The fourth-order valence-corrected chi connectivity index (χ4v) is 1.59. The first-order valence-corrected chi connectivity index (χ1v) is 5.50. The van der Waals surface area contributed by atoms with Gasteiger partial charge >= 0.3 is 0 Å². The normalized spacial score (nSPS) is 11.0. The third-order valence-electron chi connectivity index (χ3n) is 2.76. The molecule has 86 valence electrons. The first kappa shape index (κ1) is 12.6. The number of aryl methyl sites for hydroxylation is 2. The summed E-state index contributed by atoms with van der Waals surface area (Å²) >= 11 is 0. The monoisotopic (exact) mass is 217 g/mol. The Hall–Kier alpha value is -1.49. The Kier molecular flexibility index (Phi) is 3.59. The van der Waals surface area contributed by atoms with Crippen molar-refractivity contribution < 1.29 is 4.74 Å². The first-order valence-electron chi connectivity index (χ1n) is 5.50. The summed E-state index contributed by atoms with van der Waals surface area (Å²) in [6.07, 6.45) is 0.389. The van der Waals surface area contributed by atoms with E-state index in [0.29, 0.717) is 6.42 Å². The Labute approximate surface area is 97.9 Å². The molecule has 0 saturated carbocycles. The van der Waals surface area contributed by atoms with Crippen LogP contribution in [0.3, 0.4) is 0 Å². The van der Waals surface area contributed by atoms with Crippen LogP contribution in [0, 0.1) is 32.1 Å². The van der Waals surface area contributed by atoms with Gasteiger partial charge in [0.05, 0.1) is 12.5 Å². The zero-order valence-electron chi connectivity index (χ0n) is 10.7. The van der Waals surface area contributed by atoms with E-state index in [4.69, 9.17) is 10.00 Å². The van der Waals surface area contributed by atoms with Crippen molar-refractivity contribution in [2.45, 2.75) is 46.6 Å². The summed E-state index contributed by atoms with van der Waals surface area (Å²) in [5, 5.41) is 8.74. The van der Waals surface area contributed by atoms with Gasteiger partial charge in [0.15, 0.2) is 0 Å². The zero-order valence-corrected chi connectivity index (χ0v) is 10.7. The highest BCUT2D eigenvalue weighted by Gasteiger charge is 2.21. The maximum atomic E-state index is 8.74. The van der Waals surface area contributed by atoms with E-state index in [-0.39, 0.29) is 0 Å². The average molecular weight is 217 g/mol. The molecule has 0 atom stereocenters. The van der Waals surface area contributed by atoms with Gasteiger partial charge in [0.25, 0.3) is 0 Å². The molecule has 2 nitrogen and oxygen atoms in total. The van der Waals surface area contributed by atoms with Crippen molar-refractivity contribution in [3.05, 3.63) is 28.8 Å². The summed E-state index contributed by atoms with van der Waals surface area (Å²) in [5.41, 5.74) is 3.06. The Morgan fingerprint density at radius 2 is 1.75 bits per heavy atom. The second-order valence-electron chi connectivity index (χ2n) is 4.85. The predicted molar refractivity (Wildman–Crippen MR) is 65.6 cm³/mol. The minimum Gasteiger partial charge on any atom is -0.486 e. The van der Waals surface area contributed by atoms with Crippen LogP contribution >= 0.6 is 0 Å². The van der Waals surface area contributed by atoms with E-state index in [1.165, 1.54) is 5.56 Å². The summed E-state index contributed by atoms with van der Waals surface area (Å²) in [4.78, 5) is 0. The molecule has 1 rings (SSSR count). The number of hydrogen-bond donors (Lipinski definition) is 0. The molecule has 0 aliphatic rings. The lowest BCUT2D eigenvalue weighted by atomic mass is 10.0. The van der Waals surface area contributed by atoms with Gasteiger partial charge in [-0.1, -0.05) is 12.1 Å². The van der Waals surface area contributed by atoms with Gasteiger partial charge in [-0.15, -0.1) is 0 Å². The van der Waals surface area contributed by atoms with Crippen LogP contribution in [-0.4, -0.2) is 5.60 Å². The van der Waals surface area contributed by atoms with Gasteiger partial charge in [-0.25, -0.2) is 0 Å². The fraction of sp³-hybridized carbons (Fsp3) is 0.500. The van der Waals surface area contributed by atoms with E-state index in [0.717, 1.165) is 16.9 Å². The molecular formula is C14H19NO. The van der Waals surface area contributed by atoms with Crippen LogP contribution in [0.5, 0.6) is 5.75 Å². The third-order valence-corrected chi connectivity index (χ3v) is 2.76. The van der Waals surface area contributed by atoms with Gasteiger partial charge in [0.1, 0.15) is 11.4 Å². The summed E-state index contributed by atoms with van der Waals surface area (Å²) in [6.45, 7) is 10.0. The molecule has 0 spiro atoms. The molecule has 0 heterocycles. The molecule has 16 heavy (non-hydrogen) atoms. The van der Waals surface area contributed by atoms with E-state index in [1.807, 2.05) is 20.8 Å². The maximum absolute atomic E-state index is 8.74. The molecule has 0 bridgehead atoms. The predicted octanol–water partition coefficient (Wildman–Crippen LogP) is 3.68. The number of benzene rings is 1. The lowest BCUT2D eigenvalue weighted by Gasteiger charge is -2.26. The van der Waals surface area contributed by atoms with Crippen molar-refractivity contribution in [2.75, 3.05) is 0 Å². The second-order valence-corrected chi connectivity index (χ2v) is 4.85. The van der Waals surface area contributed by atoms with Gasteiger partial charge in [-0.2, -0.15) is 5.26 Å². The Morgan fingerprint density at radius 1 is 1.19 bits per heavy atom. The Balaban J connectivity index is 3.06. The van der Waals surface area contributed by atoms with Gasteiger partial charge in [0, 0.05) is 0 Å². The highest BCUT2D eigenvalue weighted by Crippen LogP contribution is 2.30. The molecule has 1 aromatic carbocycles. The van der Waals surface area contributed by atoms with Gasteiger partial charge in [0.2, 0.25) is 0 Å². The van der Waals surface area contributed by atoms with Crippen molar-refractivity contribution in [1.82, 2.24) is 0 Å². The summed E-state index contributed by atoms with van der Waals surface area (Å²) < 4.78 is 5.96. The SMILES string of the molecule is Cc1ccc(C)c(OC(C)(C)CC#N)c1C. The molecule has 2 heteroatoms. The third kappa shape index (κ3) is 2.76. The lowest BCUT2D eigenvalue weighted by molar-refractivity contribution is 0.113. The fourth-order valence-electron chi connectivity index (χ4n) is 1.59. The minimum absolute atomic E-state index is 0.389. The van der Waals surface area contributed by atoms with Crippen LogP contribution < -0.4 is 4.74 Å². The van der Waals surface area contributed by atoms with Crippen LogP contribution in [0.1, 0.15) is 37.0 Å². The van der Waals surface area contributed by atoms with Gasteiger partial charge in [-0.05, 0) is 51.3 Å². The molecule has 0 aromatic heterocycles. The van der Waals surface area contributed by atoms with E-state index < -0.39 is 5.60 Å². The van der Waals surface area contributed by atoms with Crippen LogP contribution in [0.4, 0.5) is 0 Å². The molecule has 0 aliphatic carbocycles. The number of rotatable bonds is 3. The standard InChI is InChI=1S/C14H19NO/c1-10-6-7-11(2)13(12(10)3)16-14(4,5)8-9-15/h6-7H,8H2,1-5H3. The molecule has 1 aromatic rings. The number of nitrogens with zero attached hydrogens (tertiary/aromatic N) is 1. The summed E-state index contributed by atoms with van der Waals surface area (Å²) in [7, 11) is 0. The van der Waals surface area contributed by atoms with E-state index in [1.54, 1.807) is 0 Å². The first-order chi connectivity index (χ1) is 7.37. The van der Waals surface area contributed by atoms with E-state index >= 15 is 0 Å². The quantitative estimate of drug-likeness (QED) is 0.773. The number of hydrogen-bond acceptors (Lipinski definition) is 2. The minimum atomic E-state index is -0.432. The Morgan fingerprint density at radius 3 is 2.31 bits per heavy atom. The van der Waals surface area contributed by atoms with Crippen LogP contribution in [0.15, 0.2) is 12.1 Å². The number of nitriles is 1. The van der Waals surface area contributed by atoms with E-state index in [2.05, 4.69) is 32.0 Å². The van der Waals surface area contributed by atoms with E-state index in [9.17, 15) is 0 Å². The van der Waals surface area contributed by atoms with Gasteiger partial charge in [-0.3, -0.25) is 0 Å². The molecule has 0 radical (unpaired) electrons. The van der Waals surface area contributed by atoms with Crippen molar-refractivity contribution in [1.29, 1.82) is 5.26 Å². The van der Waals surface area contributed by atoms with Gasteiger partial charge < -0.3 is 4.74 Å². The molecule has 0 saturated heterocycles.